The normalized spacial score (nSPS) is 57.7. The molecular weight excluding hydrogens is 416 g/mol. The van der Waals surface area contributed by atoms with Gasteiger partial charge in [0.1, 0.15) is 6.10 Å². The van der Waals surface area contributed by atoms with Gasteiger partial charge in [-0.25, -0.2) is 0 Å². The topological polar surface area (TPSA) is 90.2 Å². The van der Waals surface area contributed by atoms with Crippen molar-refractivity contribution in [1.82, 2.24) is 0 Å². The van der Waals surface area contributed by atoms with Gasteiger partial charge in [-0.05, 0) is 117 Å². The van der Waals surface area contributed by atoms with Crippen LogP contribution in [0.5, 0.6) is 0 Å². The Hall–Kier alpha value is -0.200. The number of hydrogen-bond donors (Lipinski definition) is 4. The van der Waals surface area contributed by atoms with Crippen molar-refractivity contribution in [3.05, 3.63) is 0 Å². The van der Waals surface area contributed by atoms with Crippen LogP contribution in [0, 0.1) is 45.3 Å². The van der Waals surface area contributed by atoms with Crippen molar-refractivity contribution in [2.24, 2.45) is 45.3 Å². The highest BCUT2D eigenvalue weighted by molar-refractivity contribution is 5.30. The molecule has 1 aliphatic heterocycles. The maximum absolute atomic E-state index is 11.8. The molecule has 188 valence electrons. The molecule has 0 bridgehead atoms. The Kier molecular flexibility index (Phi) is 4.76. The lowest BCUT2D eigenvalue weighted by Gasteiger charge is -2.59. The third-order valence-electron chi connectivity index (χ3n) is 12.7. The molecule has 1 unspecified atom stereocenters. The molecule has 5 aliphatic carbocycles. The van der Waals surface area contributed by atoms with Crippen LogP contribution < -0.4 is 0 Å². The highest BCUT2D eigenvalue weighted by Crippen LogP contribution is 2.87. The van der Waals surface area contributed by atoms with E-state index in [0.29, 0.717) is 28.6 Å². The maximum Gasteiger partial charge on any atom is 0.108 e. The van der Waals surface area contributed by atoms with E-state index in [1.54, 1.807) is 13.8 Å². The molecule has 6 fully saturated rings. The second-order valence-corrected chi connectivity index (χ2v) is 14.5. The highest BCUT2D eigenvalue weighted by Gasteiger charge is 2.81. The number of ether oxygens (including phenoxy) is 1. The maximum atomic E-state index is 11.8. The van der Waals surface area contributed by atoms with Crippen molar-refractivity contribution in [3.63, 3.8) is 0 Å². The summed E-state index contributed by atoms with van der Waals surface area (Å²) >= 11 is 0. The molecule has 0 amide bonds. The molecule has 5 heteroatoms. The van der Waals surface area contributed by atoms with Gasteiger partial charge in [0, 0.05) is 0 Å². The predicted molar refractivity (Wildman–Crippen MR) is 125 cm³/mol. The summed E-state index contributed by atoms with van der Waals surface area (Å²) in [5.74, 6) is 1.73. The van der Waals surface area contributed by atoms with Crippen LogP contribution in [0.3, 0.4) is 0 Å². The average Bonchev–Trinajstić information content (AvgIpc) is 3.36. The minimum absolute atomic E-state index is 0.0146. The van der Waals surface area contributed by atoms with E-state index in [4.69, 9.17) is 4.74 Å². The minimum atomic E-state index is -1.21. The minimum Gasteiger partial charge on any atom is -0.393 e. The molecule has 4 N–H and O–H groups in total. The second kappa shape index (κ2) is 6.76. The number of aliphatic hydroxyl groups excluding tert-OH is 3. The van der Waals surface area contributed by atoms with Crippen LogP contribution in [-0.4, -0.2) is 56.5 Å². The van der Waals surface area contributed by atoms with Crippen LogP contribution in [0.25, 0.3) is 0 Å². The fraction of sp³-hybridized carbons (Fsp3) is 1.00. The number of hydrogen-bond acceptors (Lipinski definition) is 5. The van der Waals surface area contributed by atoms with Crippen LogP contribution in [0.15, 0.2) is 0 Å². The first-order chi connectivity index (χ1) is 15.3. The fourth-order valence-electron chi connectivity index (χ4n) is 11.0. The molecule has 5 saturated carbocycles. The second-order valence-electron chi connectivity index (χ2n) is 14.5. The molecule has 0 radical (unpaired) electrons. The summed E-state index contributed by atoms with van der Waals surface area (Å²) in [6, 6.07) is 0. The first-order valence-electron chi connectivity index (χ1n) is 13.7. The molecule has 33 heavy (non-hydrogen) atoms. The van der Waals surface area contributed by atoms with Gasteiger partial charge in [-0.2, -0.15) is 0 Å². The number of fused-ring (bicyclic) bond motifs is 4. The van der Waals surface area contributed by atoms with E-state index in [1.807, 2.05) is 0 Å². The van der Waals surface area contributed by atoms with Gasteiger partial charge in [-0.15, -0.1) is 0 Å². The highest BCUT2D eigenvalue weighted by atomic mass is 16.5. The number of aliphatic hydroxyl groups is 4. The van der Waals surface area contributed by atoms with Gasteiger partial charge < -0.3 is 25.2 Å². The summed E-state index contributed by atoms with van der Waals surface area (Å²) < 4.78 is 6.45. The summed E-state index contributed by atoms with van der Waals surface area (Å²) in [4.78, 5) is 0. The molecule has 1 heterocycles. The molecule has 0 aromatic rings. The summed E-state index contributed by atoms with van der Waals surface area (Å²) in [6.45, 7) is 10.3. The van der Waals surface area contributed by atoms with Gasteiger partial charge in [0.2, 0.25) is 0 Å². The Morgan fingerprint density at radius 2 is 1.58 bits per heavy atom. The smallest absolute Gasteiger partial charge is 0.108 e. The Morgan fingerprint density at radius 3 is 2.27 bits per heavy atom. The van der Waals surface area contributed by atoms with Gasteiger partial charge in [0.15, 0.2) is 0 Å². The molecular formula is C28H46O5. The van der Waals surface area contributed by atoms with Crippen LogP contribution in [-0.2, 0) is 4.74 Å². The van der Waals surface area contributed by atoms with Crippen molar-refractivity contribution in [2.45, 2.75) is 129 Å². The van der Waals surface area contributed by atoms with Gasteiger partial charge in [-0.1, -0.05) is 20.8 Å². The zero-order valence-electron chi connectivity index (χ0n) is 21.3. The van der Waals surface area contributed by atoms with Crippen molar-refractivity contribution in [3.8, 4) is 0 Å². The molecule has 6 rings (SSSR count). The van der Waals surface area contributed by atoms with Gasteiger partial charge in [-0.3, -0.25) is 0 Å². The van der Waals surface area contributed by atoms with Crippen molar-refractivity contribution < 1.29 is 25.2 Å². The lowest BCUT2D eigenvalue weighted by atomic mass is 9.46. The van der Waals surface area contributed by atoms with Gasteiger partial charge in [0.25, 0.3) is 0 Å². The predicted octanol–water partition coefficient (Wildman–Crippen LogP) is 3.66. The summed E-state index contributed by atoms with van der Waals surface area (Å²) in [5.41, 5.74) is -0.421. The number of rotatable bonds is 2. The Balaban J connectivity index is 1.30. The summed E-state index contributed by atoms with van der Waals surface area (Å²) in [6.07, 6.45) is 7.56. The lowest BCUT2D eigenvalue weighted by Crippen LogP contribution is -2.55. The standard InChI is InChI=1S/C28H46O5/c1-24(2)18-9-7-15-20-21(30)22-16(6-8-17(33-22)23(31)25(3,4)32)26(20,5)12-13-27(15)14-28(18,27)11-10-19(24)29/h15-23,29-32H,6-14H2,1-5H3/t15-,16+,17+,18-,19-,20?,21+,22-,23+,26+,27-,28+/m0/s1. The Bertz CT molecular complexity index is 820. The molecule has 2 spiro atoms. The van der Waals surface area contributed by atoms with E-state index in [1.165, 1.54) is 19.3 Å². The zero-order valence-corrected chi connectivity index (χ0v) is 21.3. The quantitative estimate of drug-likeness (QED) is 0.503. The summed E-state index contributed by atoms with van der Waals surface area (Å²) in [7, 11) is 0. The third kappa shape index (κ3) is 2.72. The van der Waals surface area contributed by atoms with Crippen molar-refractivity contribution in [2.75, 3.05) is 0 Å². The fourth-order valence-corrected chi connectivity index (χ4v) is 11.0. The van der Waals surface area contributed by atoms with E-state index in [0.717, 1.165) is 38.5 Å². The van der Waals surface area contributed by atoms with E-state index in [9.17, 15) is 20.4 Å². The largest absolute Gasteiger partial charge is 0.393 e. The van der Waals surface area contributed by atoms with Crippen LogP contribution in [0.2, 0.25) is 0 Å². The first-order valence-corrected chi connectivity index (χ1v) is 13.7. The molecule has 6 aliphatic rings. The van der Waals surface area contributed by atoms with E-state index in [2.05, 4.69) is 20.8 Å². The Labute approximate surface area is 199 Å². The summed E-state index contributed by atoms with van der Waals surface area (Å²) in [5, 5.41) is 43.6. The average molecular weight is 463 g/mol. The van der Waals surface area contributed by atoms with Crippen LogP contribution in [0.1, 0.15) is 92.4 Å². The zero-order chi connectivity index (χ0) is 23.8. The van der Waals surface area contributed by atoms with Gasteiger partial charge in [0.05, 0.1) is 30.0 Å². The molecule has 1 saturated heterocycles. The Morgan fingerprint density at radius 1 is 0.879 bits per heavy atom. The van der Waals surface area contributed by atoms with E-state index < -0.39 is 23.9 Å². The van der Waals surface area contributed by atoms with E-state index >= 15 is 0 Å². The SMILES string of the molecule is CC(C)(O)[C@H](O)[C@H]1CC[C@@H]2[C@H](O1)[C@H](O)C1[C@@H]3CC[C@H]4C(C)(C)[C@@H](O)CC[C@@]45C[C@@]35CC[C@@]12C. The monoisotopic (exact) mass is 462 g/mol. The first kappa shape index (κ1) is 23.2. The van der Waals surface area contributed by atoms with Crippen molar-refractivity contribution in [1.29, 1.82) is 0 Å². The molecule has 0 aromatic carbocycles. The van der Waals surface area contributed by atoms with Crippen LogP contribution >= 0.6 is 0 Å². The van der Waals surface area contributed by atoms with Crippen LogP contribution in [0.4, 0.5) is 0 Å². The van der Waals surface area contributed by atoms with Gasteiger partial charge >= 0.3 is 0 Å². The molecule has 0 aromatic heterocycles. The molecule has 5 nitrogen and oxygen atoms in total. The lowest BCUT2D eigenvalue weighted by molar-refractivity contribution is -0.189. The molecule has 12 atom stereocenters. The third-order valence-corrected chi connectivity index (χ3v) is 12.7. The van der Waals surface area contributed by atoms with Crippen molar-refractivity contribution >= 4 is 0 Å². The van der Waals surface area contributed by atoms with E-state index in [-0.39, 0.29) is 29.0 Å².